The Morgan fingerprint density at radius 3 is 1.38 bits per heavy atom. The third-order valence-corrected chi connectivity index (χ3v) is 8.48. The summed E-state index contributed by atoms with van der Waals surface area (Å²) in [4.78, 5) is 22.7. The SMILES string of the molecule is CCCCCCc1ccc(C(=O)Cc2ccc(Br)cc2)cc1.CCCCCCc1ccccc1.O=C(Cl)Cc1ccc(Br)cc1. The van der Waals surface area contributed by atoms with Crippen molar-refractivity contribution in [2.75, 3.05) is 0 Å². The molecule has 0 aliphatic carbocycles. The van der Waals surface area contributed by atoms with E-state index in [-0.39, 0.29) is 11.0 Å². The molecule has 0 N–H and O–H groups in total. The Hall–Kier alpha value is -2.53. The Kier molecular flexibility index (Phi) is 20.4. The van der Waals surface area contributed by atoms with E-state index in [1.54, 1.807) is 0 Å². The molecule has 45 heavy (non-hydrogen) atoms. The van der Waals surface area contributed by atoms with Crippen LogP contribution in [0.3, 0.4) is 0 Å². The summed E-state index contributed by atoms with van der Waals surface area (Å²) in [5.74, 6) is 0.180. The zero-order valence-corrected chi connectivity index (χ0v) is 30.7. The number of halogens is 3. The molecule has 2 nitrogen and oxygen atoms in total. The molecule has 0 fully saturated rings. The van der Waals surface area contributed by atoms with Crippen molar-refractivity contribution in [3.8, 4) is 0 Å². The number of aryl methyl sites for hydroxylation is 2. The quantitative estimate of drug-likeness (QED) is 0.0688. The van der Waals surface area contributed by atoms with Crippen molar-refractivity contribution in [3.05, 3.63) is 140 Å². The zero-order chi connectivity index (χ0) is 32.7. The van der Waals surface area contributed by atoms with Gasteiger partial charge in [-0.25, -0.2) is 0 Å². The van der Waals surface area contributed by atoms with Crippen molar-refractivity contribution in [2.45, 2.75) is 90.9 Å². The summed E-state index contributed by atoms with van der Waals surface area (Å²) in [5, 5.41) is -0.327. The topological polar surface area (TPSA) is 34.1 Å². The molecule has 0 unspecified atom stereocenters. The molecule has 0 spiro atoms. The molecule has 240 valence electrons. The molecule has 0 aliphatic heterocycles. The van der Waals surface area contributed by atoms with E-state index >= 15 is 0 Å². The number of ketones is 1. The van der Waals surface area contributed by atoms with Crippen LogP contribution in [0, 0.1) is 0 Å². The van der Waals surface area contributed by atoms with E-state index in [4.69, 9.17) is 11.6 Å². The van der Waals surface area contributed by atoms with Crippen molar-refractivity contribution in [2.24, 2.45) is 0 Å². The number of hydrogen-bond donors (Lipinski definition) is 0. The molecule has 4 aromatic rings. The first-order valence-corrected chi connectivity index (χ1v) is 18.1. The van der Waals surface area contributed by atoms with Crippen molar-refractivity contribution in [3.63, 3.8) is 0 Å². The molecule has 0 saturated carbocycles. The summed E-state index contributed by atoms with van der Waals surface area (Å²) in [6.07, 6.45) is 13.7. The lowest BCUT2D eigenvalue weighted by Gasteiger charge is -2.05. The maximum atomic E-state index is 12.3. The first-order valence-electron chi connectivity index (χ1n) is 16.1. The number of Topliss-reactive ketones (excluding diaryl/α,β-unsaturated/α-hetero) is 1. The van der Waals surface area contributed by atoms with Gasteiger partial charge in [-0.05, 0) is 83.8 Å². The number of carbonyl (C=O) groups excluding carboxylic acids is 2. The zero-order valence-electron chi connectivity index (χ0n) is 26.8. The average Bonchev–Trinajstić information content (AvgIpc) is 3.05. The van der Waals surface area contributed by atoms with Gasteiger partial charge in [-0.15, -0.1) is 0 Å². The molecule has 0 radical (unpaired) electrons. The Balaban J connectivity index is 0.000000259. The lowest BCUT2D eigenvalue weighted by Crippen LogP contribution is -2.03. The smallest absolute Gasteiger partial charge is 0.226 e. The largest absolute Gasteiger partial charge is 0.294 e. The van der Waals surface area contributed by atoms with E-state index in [0.717, 1.165) is 32.1 Å². The van der Waals surface area contributed by atoms with E-state index in [9.17, 15) is 9.59 Å². The van der Waals surface area contributed by atoms with Gasteiger partial charge in [0.2, 0.25) is 5.24 Å². The predicted molar refractivity (Wildman–Crippen MR) is 199 cm³/mol. The Morgan fingerprint density at radius 1 is 0.511 bits per heavy atom. The van der Waals surface area contributed by atoms with E-state index in [1.165, 1.54) is 68.9 Å². The summed E-state index contributed by atoms with van der Waals surface area (Å²) in [5.41, 5.74) is 5.61. The van der Waals surface area contributed by atoms with Gasteiger partial charge in [0.25, 0.3) is 0 Å². The number of rotatable bonds is 15. The van der Waals surface area contributed by atoms with E-state index in [1.807, 2.05) is 60.7 Å². The van der Waals surface area contributed by atoms with Crippen LogP contribution in [0.4, 0.5) is 0 Å². The molecule has 0 aromatic heterocycles. The third-order valence-electron chi connectivity index (χ3n) is 7.29. The maximum Gasteiger partial charge on any atom is 0.226 e. The van der Waals surface area contributed by atoms with Crippen LogP contribution in [0.25, 0.3) is 0 Å². The van der Waals surface area contributed by atoms with Crippen molar-refractivity contribution in [1.82, 2.24) is 0 Å². The van der Waals surface area contributed by atoms with Gasteiger partial charge in [0, 0.05) is 27.4 Å². The van der Waals surface area contributed by atoms with Gasteiger partial charge in [-0.1, -0.05) is 163 Å². The summed E-state index contributed by atoms with van der Waals surface area (Å²) in [7, 11) is 0. The molecular weight excluding hydrogens is 708 g/mol. The van der Waals surface area contributed by atoms with Crippen LogP contribution in [-0.2, 0) is 30.5 Å². The second kappa shape index (κ2) is 23.8. The van der Waals surface area contributed by atoms with E-state index in [2.05, 4.69) is 88.2 Å². The fourth-order valence-electron chi connectivity index (χ4n) is 4.67. The van der Waals surface area contributed by atoms with Gasteiger partial charge in [0.15, 0.2) is 5.78 Å². The van der Waals surface area contributed by atoms with Crippen LogP contribution in [-0.4, -0.2) is 11.0 Å². The van der Waals surface area contributed by atoms with Crippen molar-refractivity contribution < 1.29 is 9.59 Å². The van der Waals surface area contributed by atoms with Crippen LogP contribution >= 0.6 is 43.5 Å². The molecule has 0 atom stereocenters. The number of benzene rings is 4. The molecule has 0 bridgehead atoms. The highest BCUT2D eigenvalue weighted by Gasteiger charge is 2.07. The molecular formula is C40H47Br2ClO2. The summed E-state index contributed by atoms with van der Waals surface area (Å²) in [6, 6.07) is 34.3. The van der Waals surface area contributed by atoms with Crippen LogP contribution in [0.2, 0.25) is 0 Å². The highest BCUT2D eigenvalue weighted by Crippen LogP contribution is 2.15. The van der Waals surface area contributed by atoms with Crippen LogP contribution in [0.5, 0.6) is 0 Å². The highest BCUT2D eigenvalue weighted by molar-refractivity contribution is 9.10. The Bertz CT molecular complexity index is 1350. The first kappa shape index (κ1) is 38.7. The van der Waals surface area contributed by atoms with Crippen molar-refractivity contribution in [1.29, 1.82) is 0 Å². The molecule has 0 heterocycles. The average molecular weight is 755 g/mol. The molecule has 0 aliphatic rings. The van der Waals surface area contributed by atoms with Gasteiger partial charge in [-0.3, -0.25) is 9.59 Å². The third kappa shape index (κ3) is 18.3. The molecule has 0 amide bonds. The van der Waals surface area contributed by atoms with Gasteiger partial charge in [0.1, 0.15) is 0 Å². The normalized spacial score (nSPS) is 10.2. The van der Waals surface area contributed by atoms with Gasteiger partial charge >= 0.3 is 0 Å². The van der Waals surface area contributed by atoms with E-state index < -0.39 is 0 Å². The summed E-state index contributed by atoms with van der Waals surface area (Å²) < 4.78 is 2.04. The van der Waals surface area contributed by atoms with Gasteiger partial charge in [0.05, 0.1) is 0 Å². The van der Waals surface area contributed by atoms with Crippen LogP contribution in [0.1, 0.15) is 97.8 Å². The summed E-state index contributed by atoms with van der Waals surface area (Å²) in [6.45, 7) is 4.48. The predicted octanol–water partition coefficient (Wildman–Crippen LogP) is 12.6. The minimum absolute atomic E-state index is 0.180. The van der Waals surface area contributed by atoms with Crippen molar-refractivity contribution >= 4 is 54.5 Å². The fraction of sp³-hybridized carbons (Fsp3) is 0.350. The summed E-state index contributed by atoms with van der Waals surface area (Å²) >= 11 is 11.9. The minimum atomic E-state index is -0.327. The second-order valence-corrected chi connectivity index (χ2v) is 13.4. The number of carbonyl (C=O) groups is 2. The standard InChI is InChI=1S/C20H23BrO.C12H18.C8H6BrClO/c1-2-3-4-5-6-16-7-11-18(12-8-16)20(22)15-17-9-13-19(21)14-10-17;1-2-3-4-6-9-12-10-7-5-8-11-12;9-7-3-1-6(2-4-7)5-8(10)11/h7-14H,2-6,15H2,1H3;5,7-8,10-11H,2-4,6,9H2,1H3;1-4H,5H2. The maximum absolute atomic E-state index is 12.3. The van der Waals surface area contributed by atoms with Crippen LogP contribution < -0.4 is 0 Å². The minimum Gasteiger partial charge on any atom is -0.294 e. The Morgan fingerprint density at radius 2 is 0.933 bits per heavy atom. The van der Waals surface area contributed by atoms with Gasteiger partial charge in [-0.2, -0.15) is 0 Å². The lowest BCUT2D eigenvalue weighted by molar-refractivity contribution is -0.111. The molecule has 4 aromatic carbocycles. The highest BCUT2D eigenvalue weighted by atomic mass is 79.9. The van der Waals surface area contributed by atoms with Gasteiger partial charge < -0.3 is 0 Å². The molecule has 4 rings (SSSR count). The molecule has 5 heteroatoms. The Labute approximate surface area is 293 Å². The monoisotopic (exact) mass is 752 g/mol. The van der Waals surface area contributed by atoms with Crippen LogP contribution in [0.15, 0.2) is 112 Å². The number of hydrogen-bond acceptors (Lipinski definition) is 2. The second-order valence-electron chi connectivity index (χ2n) is 11.2. The van der Waals surface area contributed by atoms with E-state index in [0.29, 0.717) is 12.8 Å². The molecule has 0 saturated heterocycles. The number of unbranched alkanes of at least 4 members (excludes halogenated alkanes) is 6. The first-order chi connectivity index (χ1) is 21.8. The fourth-order valence-corrected chi connectivity index (χ4v) is 5.35. The lowest BCUT2D eigenvalue weighted by atomic mass is 10.00.